The number of nitrogens with zero attached hydrogens (tertiary/aromatic N) is 2. The zero-order chi connectivity index (χ0) is 8.60. The van der Waals surface area contributed by atoms with Crippen LogP contribution in [0.15, 0.2) is 12.5 Å². The minimum absolute atomic E-state index is 0.174. The number of rotatable bonds is 3. The Morgan fingerprint density at radius 2 is 2.50 bits per heavy atom. The molecule has 2 rings (SSSR count). The third kappa shape index (κ3) is 0.891. The third-order valence-corrected chi connectivity index (χ3v) is 2.58. The fraction of sp³-hybridized carbons (Fsp3) is 0.556. The van der Waals surface area contributed by atoms with E-state index in [4.69, 9.17) is 0 Å². The second-order valence-corrected chi connectivity index (χ2v) is 3.34. The molecule has 0 aromatic carbocycles. The Hall–Kier alpha value is -1.12. The van der Waals surface area contributed by atoms with Gasteiger partial charge in [-0.3, -0.25) is 0 Å². The van der Waals surface area contributed by atoms with Crippen LogP contribution >= 0.6 is 0 Å². The first-order valence-electron chi connectivity index (χ1n) is 4.29. The van der Waals surface area contributed by atoms with Gasteiger partial charge in [-0.1, -0.05) is 0 Å². The SMILES string of the molecule is CCn1cncc1C1(C=O)CC1. The zero-order valence-corrected chi connectivity index (χ0v) is 7.16. The summed E-state index contributed by atoms with van der Waals surface area (Å²) in [7, 11) is 0. The van der Waals surface area contributed by atoms with Gasteiger partial charge < -0.3 is 9.36 Å². The minimum atomic E-state index is -0.174. The molecule has 0 unspecified atom stereocenters. The van der Waals surface area contributed by atoms with E-state index in [0.29, 0.717) is 0 Å². The van der Waals surface area contributed by atoms with Crippen LogP contribution in [-0.4, -0.2) is 15.8 Å². The van der Waals surface area contributed by atoms with Crippen molar-refractivity contribution >= 4 is 6.29 Å². The lowest BCUT2D eigenvalue weighted by Crippen LogP contribution is -2.13. The number of aldehydes is 1. The normalized spacial score (nSPS) is 19.1. The van der Waals surface area contributed by atoms with Crippen molar-refractivity contribution in [3.8, 4) is 0 Å². The molecule has 3 heteroatoms. The molecule has 1 aliphatic rings. The van der Waals surface area contributed by atoms with Crippen LogP contribution in [0.5, 0.6) is 0 Å². The van der Waals surface area contributed by atoms with Gasteiger partial charge >= 0.3 is 0 Å². The Morgan fingerprint density at radius 3 is 3.00 bits per heavy atom. The second kappa shape index (κ2) is 2.44. The van der Waals surface area contributed by atoms with Crippen molar-refractivity contribution in [3.05, 3.63) is 18.2 Å². The standard InChI is InChI=1S/C9H12N2O/c1-2-11-7-10-5-8(11)9(6-12)3-4-9/h5-7H,2-4H2,1H3. The van der Waals surface area contributed by atoms with Gasteiger partial charge in [0.05, 0.1) is 17.4 Å². The lowest BCUT2D eigenvalue weighted by molar-refractivity contribution is -0.110. The Bertz CT molecular complexity index is 299. The molecule has 0 amide bonds. The molecule has 3 nitrogen and oxygen atoms in total. The van der Waals surface area contributed by atoms with E-state index in [0.717, 1.165) is 31.4 Å². The molecule has 1 aromatic heterocycles. The van der Waals surface area contributed by atoms with E-state index in [1.807, 2.05) is 10.8 Å². The first-order valence-corrected chi connectivity index (χ1v) is 4.29. The topological polar surface area (TPSA) is 34.9 Å². The van der Waals surface area contributed by atoms with E-state index in [1.165, 1.54) is 0 Å². The van der Waals surface area contributed by atoms with Crippen molar-refractivity contribution in [2.45, 2.75) is 31.7 Å². The highest BCUT2D eigenvalue weighted by Crippen LogP contribution is 2.45. The molecule has 1 aliphatic carbocycles. The van der Waals surface area contributed by atoms with Crippen molar-refractivity contribution in [2.24, 2.45) is 0 Å². The van der Waals surface area contributed by atoms with Gasteiger partial charge in [-0.05, 0) is 19.8 Å². The summed E-state index contributed by atoms with van der Waals surface area (Å²) in [5.74, 6) is 0. The predicted octanol–water partition coefficient (Wildman–Crippen LogP) is 1.13. The maximum Gasteiger partial charge on any atom is 0.132 e. The van der Waals surface area contributed by atoms with E-state index < -0.39 is 0 Å². The molecule has 0 spiro atoms. The highest BCUT2D eigenvalue weighted by Gasteiger charge is 2.46. The maximum atomic E-state index is 10.8. The predicted molar refractivity (Wildman–Crippen MR) is 44.9 cm³/mol. The van der Waals surface area contributed by atoms with E-state index in [1.54, 1.807) is 6.33 Å². The van der Waals surface area contributed by atoms with Gasteiger partial charge in [0.15, 0.2) is 0 Å². The van der Waals surface area contributed by atoms with E-state index in [-0.39, 0.29) is 5.41 Å². The average Bonchev–Trinajstić information content (AvgIpc) is 2.76. The maximum absolute atomic E-state index is 10.8. The van der Waals surface area contributed by atoms with Crippen LogP contribution < -0.4 is 0 Å². The molecular formula is C9H12N2O. The van der Waals surface area contributed by atoms with Crippen molar-refractivity contribution in [3.63, 3.8) is 0 Å². The second-order valence-electron chi connectivity index (χ2n) is 3.34. The van der Waals surface area contributed by atoms with Crippen molar-refractivity contribution in [1.82, 2.24) is 9.55 Å². The van der Waals surface area contributed by atoms with Gasteiger partial charge in [-0.15, -0.1) is 0 Å². The zero-order valence-electron chi connectivity index (χ0n) is 7.16. The highest BCUT2D eigenvalue weighted by atomic mass is 16.1. The number of hydrogen-bond donors (Lipinski definition) is 0. The van der Waals surface area contributed by atoms with Crippen LogP contribution in [0.3, 0.4) is 0 Å². The van der Waals surface area contributed by atoms with Gasteiger partial charge in [-0.2, -0.15) is 0 Å². The summed E-state index contributed by atoms with van der Waals surface area (Å²) >= 11 is 0. The minimum Gasteiger partial charge on any atom is -0.334 e. The summed E-state index contributed by atoms with van der Waals surface area (Å²) in [5.41, 5.74) is 0.909. The lowest BCUT2D eigenvalue weighted by atomic mass is 10.1. The van der Waals surface area contributed by atoms with Crippen LogP contribution in [0.4, 0.5) is 0 Å². The molecule has 0 radical (unpaired) electrons. The highest BCUT2D eigenvalue weighted by molar-refractivity contribution is 5.71. The molecule has 1 saturated carbocycles. The largest absolute Gasteiger partial charge is 0.334 e. The molecule has 0 saturated heterocycles. The average molecular weight is 164 g/mol. The molecule has 0 bridgehead atoms. The van der Waals surface area contributed by atoms with Crippen LogP contribution in [0.2, 0.25) is 0 Å². The quantitative estimate of drug-likeness (QED) is 0.628. The van der Waals surface area contributed by atoms with Gasteiger partial charge in [0, 0.05) is 12.7 Å². The lowest BCUT2D eigenvalue weighted by Gasteiger charge is -2.08. The molecule has 0 atom stereocenters. The summed E-state index contributed by atoms with van der Waals surface area (Å²) in [6, 6.07) is 0. The number of aromatic nitrogens is 2. The summed E-state index contributed by atoms with van der Waals surface area (Å²) in [6.45, 7) is 2.96. The number of carbonyl (C=O) groups excluding carboxylic acids is 1. The Kier molecular flexibility index (Phi) is 1.53. The van der Waals surface area contributed by atoms with Crippen LogP contribution in [0, 0.1) is 0 Å². The van der Waals surface area contributed by atoms with Crippen LogP contribution in [0.25, 0.3) is 0 Å². The molecule has 1 heterocycles. The molecule has 0 N–H and O–H groups in total. The molecule has 64 valence electrons. The first kappa shape index (κ1) is 7.53. The summed E-state index contributed by atoms with van der Waals surface area (Å²) < 4.78 is 2.04. The van der Waals surface area contributed by atoms with Gasteiger partial charge in [0.25, 0.3) is 0 Å². The number of aryl methyl sites for hydroxylation is 1. The summed E-state index contributed by atoms with van der Waals surface area (Å²) in [5, 5.41) is 0. The van der Waals surface area contributed by atoms with Gasteiger partial charge in [0.2, 0.25) is 0 Å². The monoisotopic (exact) mass is 164 g/mol. The van der Waals surface area contributed by atoms with Gasteiger partial charge in [-0.25, -0.2) is 4.98 Å². The third-order valence-electron chi connectivity index (χ3n) is 2.58. The van der Waals surface area contributed by atoms with E-state index in [2.05, 4.69) is 11.9 Å². The number of imidazole rings is 1. The van der Waals surface area contributed by atoms with Crippen LogP contribution in [-0.2, 0) is 16.8 Å². The molecule has 1 fully saturated rings. The van der Waals surface area contributed by atoms with Crippen molar-refractivity contribution in [2.75, 3.05) is 0 Å². The number of hydrogen-bond acceptors (Lipinski definition) is 2. The molecule has 1 aromatic rings. The van der Waals surface area contributed by atoms with E-state index in [9.17, 15) is 4.79 Å². The van der Waals surface area contributed by atoms with Crippen molar-refractivity contribution < 1.29 is 4.79 Å². The summed E-state index contributed by atoms with van der Waals surface area (Å²) in [6.07, 6.45) is 6.64. The van der Waals surface area contributed by atoms with E-state index >= 15 is 0 Å². The van der Waals surface area contributed by atoms with Gasteiger partial charge in [0.1, 0.15) is 6.29 Å². The smallest absolute Gasteiger partial charge is 0.132 e. The Morgan fingerprint density at radius 1 is 1.75 bits per heavy atom. The molecule has 12 heavy (non-hydrogen) atoms. The summed E-state index contributed by atoms with van der Waals surface area (Å²) in [4.78, 5) is 14.9. The van der Waals surface area contributed by atoms with Crippen molar-refractivity contribution in [1.29, 1.82) is 0 Å². The Labute approximate surface area is 71.4 Å². The van der Waals surface area contributed by atoms with Crippen LogP contribution in [0.1, 0.15) is 25.5 Å². The Balaban J connectivity index is 2.38. The fourth-order valence-electron chi connectivity index (χ4n) is 1.56. The first-order chi connectivity index (χ1) is 5.82. The fourth-order valence-corrected chi connectivity index (χ4v) is 1.56. The molecular weight excluding hydrogens is 152 g/mol. The molecule has 0 aliphatic heterocycles. The number of carbonyl (C=O) groups is 1.